The summed E-state index contributed by atoms with van der Waals surface area (Å²) in [5, 5.41) is 3.23. The second-order valence-electron chi connectivity index (χ2n) is 7.81. The number of fused-ring (bicyclic) bond motifs is 1. The summed E-state index contributed by atoms with van der Waals surface area (Å²) in [7, 11) is 0. The predicted molar refractivity (Wildman–Crippen MR) is 97.6 cm³/mol. The Labute approximate surface area is 155 Å². The fourth-order valence-corrected chi connectivity index (χ4v) is 4.59. The van der Waals surface area contributed by atoms with E-state index in [9.17, 15) is 4.79 Å². The minimum Gasteiger partial charge on any atom is -0.376 e. The molecule has 0 aromatic carbocycles. The Hall–Kier alpha value is -1.66. The fourth-order valence-electron chi connectivity index (χ4n) is 4.59. The Balaban J connectivity index is 1.27. The van der Waals surface area contributed by atoms with E-state index in [0.717, 1.165) is 37.9 Å². The third-order valence-electron chi connectivity index (χ3n) is 5.95. The topological polar surface area (TPSA) is 63.7 Å². The number of pyridine rings is 1. The van der Waals surface area contributed by atoms with E-state index >= 15 is 0 Å². The molecule has 3 aliphatic rings. The lowest BCUT2D eigenvalue weighted by molar-refractivity contribution is -0.0392. The van der Waals surface area contributed by atoms with Crippen LogP contribution in [0.5, 0.6) is 0 Å². The van der Waals surface area contributed by atoms with Crippen LogP contribution in [-0.2, 0) is 16.1 Å². The number of carbonyl (C=O) groups is 1. The lowest BCUT2D eigenvalue weighted by Crippen LogP contribution is -2.55. The van der Waals surface area contributed by atoms with Crippen LogP contribution >= 0.6 is 0 Å². The van der Waals surface area contributed by atoms with Crippen molar-refractivity contribution in [3.8, 4) is 0 Å². The van der Waals surface area contributed by atoms with Crippen molar-refractivity contribution in [3.05, 3.63) is 30.1 Å². The van der Waals surface area contributed by atoms with Gasteiger partial charge in [0.25, 0.3) is 0 Å². The van der Waals surface area contributed by atoms with Crippen LogP contribution in [-0.4, -0.2) is 53.9 Å². The summed E-state index contributed by atoms with van der Waals surface area (Å²) in [6.45, 7) is 2.67. The van der Waals surface area contributed by atoms with E-state index in [4.69, 9.17) is 9.47 Å². The van der Waals surface area contributed by atoms with Gasteiger partial charge >= 0.3 is 6.03 Å². The first-order valence-electron chi connectivity index (χ1n) is 9.95. The first-order chi connectivity index (χ1) is 12.8. The summed E-state index contributed by atoms with van der Waals surface area (Å²) in [6, 6.07) is 4.62. The number of urea groups is 1. The highest BCUT2D eigenvalue weighted by Gasteiger charge is 2.43. The molecular formula is C20H29N3O3. The molecule has 3 fully saturated rings. The Kier molecular flexibility index (Phi) is 5.70. The highest BCUT2D eigenvalue weighted by atomic mass is 16.5. The molecule has 2 amide bonds. The average molecular weight is 359 g/mol. The van der Waals surface area contributed by atoms with Crippen LogP contribution in [0.4, 0.5) is 4.79 Å². The Morgan fingerprint density at radius 1 is 1.27 bits per heavy atom. The van der Waals surface area contributed by atoms with Gasteiger partial charge in [-0.05, 0) is 49.3 Å². The maximum absolute atomic E-state index is 12.7. The van der Waals surface area contributed by atoms with E-state index in [1.165, 1.54) is 12.8 Å². The van der Waals surface area contributed by atoms with Crippen molar-refractivity contribution < 1.29 is 14.3 Å². The molecule has 0 bridgehead atoms. The van der Waals surface area contributed by atoms with Gasteiger partial charge in [-0.2, -0.15) is 0 Å². The lowest BCUT2D eigenvalue weighted by Gasteiger charge is -2.38. The molecule has 2 heterocycles. The molecule has 142 valence electrons. The maximum atomic E-state index is 12.7. The summed E-state index contributed by atoms with van der Waals surface area (Å²) in [6.07, 6.45) is 10.4. The molecule has 3 unspecified atom stereocenters. The average Bonchev–Trinajstić information content (AvgIpc) is 3.31. The molecular weight excluding hydrogens is 330 g/mol. The normalized spacial score (nSPS) is 28.9. The number of hydrogen-bond donors (Lipinski definition) is 1. The molecule has 1 aromatic rings. The molecule has 6 heteroatoms. The zero-order valence-electron chi connectivity index (χ0n) is 15.3. The van der Waals surface area contributed by atoms with Crippen molar-refractivity contribution in [1.29, 1.82) is 0 Å². The van der Waals surface area contributed by atoms with E-state index in [1.807, 2.05) is 17.0 Å². The van der Waals surface area contributed by atoms with Gasteiger partial charge in [0.15, 0.2) is 0 Å². The van der Waals surface area contributed by atoms with Crippen LogP contribution in [0.15, 0.2) is 24.5 Å². The molecule has 26 heavy (non-hydrogen) atoms. The Morgan fingerprint density at radius 3 is 2.88 bits per heavy atom. The number of nitrogens with zero attached hydrogens (tertiary/aromatic N) is 2. The highest BCUT2D eigenvalue weighted by Crippen LogP contribution is 2.34. The number of amides is 2. The van der Waals surface area contributed by atoms with E-state index in [0.29, 0.717) is 31.7 Å². The summed E-state index contributed by atoms with van der Waals surface area (Å²) in [5.41, 5.74) is 1.14. The van der Waals surface area contributed by atoms with Gasteiger partial charge in [-0.1, -0.05) is 12.8 Å². The standard InChI is InChI=1S/C20H29N3O3/c24-20(22-17-3-1-2-4-17)23-9-10-26-19-12-16(11-18(19)23)14-25-13-15-5-7-21-8-6-15/h5-8,16-19H,1-4,9-14H2,(H,22,24). The number of nitrogens with one attached hydrogen (secondary N) is 1. The summed E-state index contributed by atoms with van der Waals surface area (Å²) < 4.78 is 11.9. The number of hydrogen-bond acceptors (Lipinski definition) is 4. The van der Waals surface area contributed by atoms with Crippen LogP contribution in [0.25, 0.3) is 0 Å². The predicted octanol–water partition coefficient (Wildman–Crippen LogP) is 2.73. The quantitative estimate of drug-likeness (QED) is 0.878. The highest BCUT2D eigenvalue weighted by molar-refractivity contribution is 5.75. The van der Waals surface area contributed by atoms with Crippen molar-refractivity contribution in [2.24, 2.45) is 5.92 Å². The van der Waals surface area contributed by atoms with Crippen LogP contribution in [0, 0.1) is 5.92 Å². The minimum absolute atomic E-state index is 0.105. The van der Waals surface area contributed by atoms with Gasteiger partial charge in [0, 0.05) is 25.0 Å². The molecule has 6 nitrogen and oxygen atoms in total. The van der Waals surface area contributed by atoms with Gasteiger partial charge in [-0.3, -0.25) is 4.98 Å². The second kappa shape index (κ2) is 8.35. The minimum atomic E-state index is 0.105. The molecule has 4 rings (SSSR count). The second-order valence-corrected chi connectivity index (χ2v) is 7.81. The molecule has 0 radical (unpaired) electrons. The lowest BCUT2D eigenvalue weighted by atomic mass is 10.1. The molecule has 1 aliphatic heterocycles. The third-order valence-corrected chi connectivity index (χ3v) is 5.95. The summed E-state index contributed by atoms with van der Waals surface area (Å²) >= 11 is 0. The molecule has 2 aliphatic carbocycles. The smallest absolute Gasteiger partial charge is 0.318 e. The first-order valence-corrected chi connectivity index (χ1v) is 9.95. The van der Waals surface area contributed by atoms with Crippen LogP contribution in [0.3, 0.4) is 0 Å². The van der Waals surface area contributed by atoms with Gasteiger partial charge in [-0.15, -0.1) is 0 Å². The van der Waals surface area contributed by atoms with Crippen LogP contribution in [0.1, 0.15) is 44.1 Å². The number of carbonyl (C=O) groups excluding carboxylic acids is 1. The monoisotopic (exact) mass is 359 g/mol. The van der Waals surface area contributed by atoms with Gasteiger partial charge in [0.05, 0.1) is 32.0 Å². The Bertz CT molecular complexity index is 591. The van der Waals surface area contributed by atoms with Crippen molar-refractivity contribution in [1.82, 2.24) is 15.2 Å². The summed E-state index contributed by atoms with van der Waals surface area (Å²) in [5.74, 6) is 0.451. The van der Waals surface area contributed by atoms with Crippen molar-refractivity contribution in [2.75, 3.05) is 19.8 Å². The maximum Gasteiger partial charge on any atom is 0.318 e. The zero-order chi connectivity index (χ0) is 17.8. The number of ether oxygens (including phenoxy) is 2. The molecule has 0 spiro atoms. The van der Waals surface area contributed by atoms with Gasteiger partial charge in [0.1, 0.15) is 0 Å². The van der Waals surface area contributed by atoms with E-state index < -0.39 is 0 Å². The van der Waals surface area contributed by atoms with Gasteiger partial charge < -0.3 is 19.7 Å². The molecule has 1 aromatic heterocycles. The SMILES string of the molecule is O=C(NC1CCCC1)N1CCOC2CC(COCc3ccncc3)CC21. The summed E-state index contributed by atoms with van der Waals surface area (Å²) in [4.78, 5) is 18.8. The number of aromatic nitrogens is 1. The molecule has 2 saturated carbocycles. The fraction of sp³-hybridized carbons (Fsp3) is 0.700. The van der Waals surface area contributed by atoms with Gasteiger partial charge in [0.2, 0.25) is 0 Å². The van der Waals surface area contributed by atoms with E-state index in [2.05, 4.69) is 10.3 Å². The zero-order valence-corrected chi connectivity index (χ0v) is 15.3. The van der Waals surface area contributed by atoms with Crippen LogP contribution < -0.4 is 5.32 Å². The van der Waals surface area contributed by atoms with Crippen molar-refractivity contribution in [2.45, 2.75) is 63.3 Å². The molecule has 3 atom stereocenters. The van der Waals surface area contributed by atoms with E-state index in [-0.39, 0.29) is 18.2 Å². The van der Waals surface area contributed by atoms with Crippen molar-refractivity contribution >= 4 is 6.03 Å². The Morgan fingerprint density at radius 2 is 2.08 bits per heavy atom. The molecule has 1 saturated heterocycles. The largest absolute Gasteiger partial charge is 0.376 e. The third kappa shape index (κ3) is 4.18. The number of morpholine rings is 1. The van der Waals surface area contributed by atoms with Gasteiger partial charge in [-0.25, -0.2) is 4.79 Å². The van der Waals surface area contributed by atoms with E-state index in [1.54, 1.807) is 12.4 Å². The number of rotatable bonds is 5. The van der Waals surface area contributed by atoms with Crippen molar-refractivity contribution in [3.63, 3.8) is 0 Å². The molecule has 1 N–H and O–H groups in total. The van der Waals surface area contributed by atoms with Crippen LogP contribution in [0.2, 0.25) is 0 Å². The first kappa shape index (κ1) is 17.7.